The highest BCUT2D eigenvalue weighted by molar-refractivity contribution is 6.31. The van der Waals surface area contributed by atoms with Gasteiger partial charge >= 0.3 is 5.97 Å². The van der Waals surface area contributed by atoms with E-state index in [9.17, 15) is 24.8 Å². The van der Waals surface area contributed by atoms with Gasteiger partial charge in [0.25, 0.3) is 11.6 Å². The number of nitro groups is 1. The SMILES string of the molecule is C/C(=C\c1ccccc1[N+](=O)[O-])C(=O)Nc1ccc(Cl)cc1C(=O)O. The van der Waals surface area contributed by atoms with Crippen LogP contribution in [0, 0.1) is 10.1 Å². The zero-order valence-electron chi connectivity index (χ0n) is 13.0. The summed E-state index contributed by atoms with van der Waals surface area (Å²) in [5.74, 6) is -1.82. The molecule has 8 heteroatoms. The summed E-state index contributed by atoms with van der Waals surface area (Å²) < 4.78 is 0. The van der Waals surface area contributed by atoms with Crippen LogP contribution in [0.2, 0.25) is 5.02 Å². The number of carboxylic acids is 1. The molecule has 0 aliphatic heterocycles. The maximum atomic E-state index is 12.3. The molecule has 0 saturated carbocycles. The summed E-state index contributed by atoms with van der Waals surface area (Å²) in [6.07, 6.45) is 1.36. The van der Waals surface area contributed by atoms with Crippen LogP contribution >= 0.6 is 11.6 Å². The van der Waals surface area contributed by atoms with Gasteiger partial charge in [-0.1, -0.05) is 23.7 Å². The molecule has 0 radical (unpaired) electrons. The number of nitrogens with zero attached hydrogens (tertiary/aromatic N) is 1. The number of benzene rings is 2. The molecule has 0 unspecified atom stereocenters. The van der Waals surface area contributed by atoms with Crippen LogP contribution in [-0.2, 0) is 4.79 Å². The van der Waals surface area contributed by atoms with Crippen LogP contribution in [0.3, 0.4) is 0 Å². The molecule has 0 saturated heterocycles. The third-order valence-electron chi connectivity index (χ3n) is 3.32. The molecule has 7 nitrogen and oxygen atoms in total. The van der Waals surface area contributed by atoms with Crippen molar-refractivity contribution in [3.05, 3.63) is 74.3 Å². The average molecular weight is 361 g/mol. The Kier molecular flexibility index (Phi) is 5.51. The van der Waals surface area contributed by atoms with Crippen molar-refractivity contribution in [1.29, 1.82) is 0 Å². The maximum Gasteiger partial charge on any atom is 0.337 e. The van der Waals surface area contributed by atoms with Crippen molar-refractivity contribution in [2.24, 2.45) is 0 Å². The molecule has 25 heavy (non-hydrogen) atoms. The van der Waals surface area contributed by atoms with Gasteiger partial charge in [0, 0.05) is 16.7 Å². The van der Waals surface area contributed by atoms with Gasteiger partial charge in [0.2, 0.25) is 0 Å². The molecule has 1 amide bonds. The van der Waals surface area contributed by atoms with Crippen molar-refractivity contribution >= 4 is 40.9 Å². The first-order valence-electron chi connectivity index (χ1n) is 7.05. The molecule has 0 heterocycles. The third-order valence-corrected chi connectivity index (χ3v) is 3.56. The van der Waals surface area contributed by atoms with Gasteiger partial charge in [-0.05, 0) is 37.3 Å². The second-order valence-corrected chi connectivity index (χ2v) is 5.53. The molecule has 2 aromatic carbocycles. The van der Waals surface area contributed by atoms with Gasteiger partial charge in [0.05, 0.1) is 21.7 Å². The Bertz CT molecular complexity index is 892. The van der Waals surface area contributed by atoms with E-state index in [1.807, 2.05) is 0 Å². The zero-order valence-corrected chi connectivity index (χ0v) is 13.8. The van der Waals surface area contributed by atoms with Crippen molar-refractivity contribution in [2.45, 2.75) is 6.92 Å². The summed E-state index contributed by atoms with van der Waals surface area (Å²) >= 11 is 5.76. The van der Waals surface area contributed by atoms with E-state index in [0.29, 0.717) is 0 Å². The molecule has 2 rings (SSSR count). The number of rotatable bonds is 5. The van der Waals surface area contributed by atoms with E-state index in [2.05, 4.69) is 5.32 Å². The van der Waals surface area contributed by atoms with Crippen LogP contribution in [0.1, 0.15) is 22.8 Å². The molecule has 0 aromatic heterocycles. The molecule has 0 aliphatic rings. The van der Waals surface area contributed by atoms with Crippen molar-refractivity contribution in [3.63, 3.8) is 0 Å². The Labute approximate surface area is 147 Å². The van der Waals surface area contributed by atoms with E-state index in [0.717, 1.165) is 0 Å². The highest BCUT2D eigenvalue weighted by Gasteiger charge is 2.16. The normalized spacial score (nSPS) is 11.0. The van der Waals surface area contributed by atoms with Gasteiger partial charge in [-0.15, -0.1) is 0 Å². The molecule has 0 aliphatic carbocycles. The molecule has 2 aromatic rings. The Morgan fingerprint density at radius 2 is 1.92 bits per heavy atom. The van der Waals surface area contributed by atoms with Gasteiger partial charge in [-0.3, -0.25) is 14.9 Å². The lowest BCUT2D eigenvalue weighted by Gasteiger charge is -2.09. The van der Waals surface area contributed by atoms with Crippen molar-refractivity contribution in [1.82, 2.24) is 0 Å². The van der Waals surface area contributed by atoms with E-state index in [1.54, 1.807) is 6.07 Å². The lowest BCUT2D eigenvalue weighted by atomic mass is 10.1. The molecular formula is C17H13ClN2O5. The molecule has 128 valence electrons. The molecule has 0 spiro atoms. The minimum atomic E-state index is -1.24. The number of nitrogens with one attached hydrogen (secondary N) is 1. The number of aromatic carboxylic acids is 1. The van der Waals surface area contributed by atoms with E-state index >= 15 is 0 Å². The standard InChI is InChI=1S/C17H13ClN2O5/c1-10(8-11-4-2-3-5-15(11)20(24)25)16(21)19-14-7-6-12(18)9-13(14)17(22)23/h2-9H,1H3,(H,19,21)(H,22,23)/b10-8+. The van der Waals surface area contributed by atoms with Gasteiger partial charge in [-0.25, -0.2) is 4.79 Å². The minimum absolute atomic E-state index is 0.0808. The number of carbonyl (C=O) groups excluding carboxylic acids is 1. The van der Waals surface area contributed by atoms with Crippen LogP contribution < -0.4 is 5.32 Å². The number of hydrogen-bond donors (Lipinski definition) is 2. The van der Waals surface area contributed by atoms with Crippen LogP contribution in [0.15, 0.2) is 48.0 Å². The average Bonchev–Trinajstić information content (AvgIpc) is 2.56. The minimum Gasteiger partial charge on any atom is -0.478 e. The first-order valence-corrected chi connectivity index (χ1v) is 7.43. The molecule has 2 N–H and O–H groups in total. The van der Waals surface area contributed by atoms with Crippen LogP contribution in [0.4, 0.5) is 11.4 Å². The highest BCUT2D eigenvalue weighted by Crippen LogP contribution is 2.23. The predicted octanol–water partition coefficient (Wildman–Crippen LogP) is 3.99. The molecular weight excluding hydrogens is 348 g/mol. The van der Waals surface area contributed by atoms with E-state index in [1.165, 1.54) is 49.4 Å². The van der Waals surface area contributed by atoms with E-state index < -0.39 is 16.8 Å². The summed E-state index contributed by atoms with van der Waals surface area (Å²) in [4.78, 5) is 34.0. The summed E-state index contributed by atoms with van der Waals surface area (Å²) in [6.45, 7) is 1.47. The van der Waals surface area contributed by atoms with Gasteiger partial charge in [-0.2, -0.15) is 0 Å². The van der Waals surface area contributed by atoms with Crippen LogP contribution in [0.5, 0.6) is 0 Å². The quantitative estimate of drug-likeness (QED) is 0.476. The highest BCUT2D eigenvalue weighted by atomic mass is 35.5. The first-order chi connectivity index (χ1) is 11.8. The molecule has 0 atom stereocenters. The monoisotopic (exact) mass is 360 g/mol. The summed E-state index contributed by atoms with van der Waals surface area (Å²) in [7, 11) is 0. The number of para-hydroxylation sites is 1. The Hall–Kier alpha value is -3.19. The fraction of sp³-hybridized carbons (Fsp3) is 0.0588. The lowest BCUT2D eigenvalue weighted by molar-refractivity contribution is -0.385. The third kappa shape index (κ3) is 4.42. The maximum absolute atomic E-state index is 12.3. The largest absolute Gasteiger partial charge is 0.478 e. The Morgan fingerprint density at radius 1 is 1.24 bits per heavy atom. The molecule has 0 fully saturated rings. The number of amides is 1. The molecule has 0 bridgehead atoms. The van der Waals surface area contributed by atoms with Gasteiger partial charge < -0.3 is 10.4 Å². The van der Waals surface area contributed by atoms with Crippen LogP contribution in [0.25, 0.3) is 6.08 Å². The van der Waals surface area contributed by atoms with Crippen LogP contribution in [-0.4, -0.2) is 21.9 Å². The van der Waals surface area contributed by atoms with Crippen molar-refractivity contribution in [2.75, 3.05) is 5.32 Å². The van der Waals surface area contributed by atoms with Crippen molar-refractivity contribution in [3.8, 4) is 0 Å². The predicted molar refractivity (Wildman–Crippen MR) is 93.8 cm³/mol. The lowest BCUT2D eigenvalue weighted by Crippen LogP contribution is -2.15. The van der Waals surface area contributed by atoms with Gasteiger partial charge in [0.15, 0.2) is 0 Å². The number of nitro benzene ring substituents is 1. The van der Waals surface area contributed by atoms with E-state index in [-0.39, 0.29) is 33.1 Å². The topological polar surface area (TPSA) is 110 Å². The smallest absolute Gasteiger partial charge is 0.337 e. The Balaban J connectivity index is 2.30. The first kappa shape index (κ1) is 18.2. The number of halogens is 1. The van der Waals surface area contributed by atoms with Crippen molar-refractivity contribution < 1.29 is 19.6 Å². The number of carboxylic acid groups (broad SMARTS) is 1. The summed E-state index contributed by atoms with van der Waals surface area (Å²) in [6, 6.07) is 10.0. The fourth-order valence-corrected chi connectivity index (χ4v) is 2.27. The fourth-order valence-electron chi connectivity index (χ4n) is 2.10. The number of hydrogen-bond acceptors (Lipinski definition) is 4. The zero-order chi connectivity index (χ0) is 18.6. The van der Waals surface area contributed by atoms with Gasteiger partial charge in [0.1, 0.15) is 0 Å². The summed E-state index contributed by atoms with van der Waals surface area (Å²) in [5, 5.41) is 22.9. The Morgan fingerprint density at radius 3 is 2.56 bits per heavy atom. The number of carbonyl (C=O) groups is 2. The summed E-state index contributed by atoms with van der Waals surface area (Å²) in [5.41, 5.74) is 0.249. The second kappa shape index (κ2) is 7.59. The van der Waals surface area contributed by atoms with E-state index in [4.69, 9.17) is 11.6 Å². The second-order valence-electron chi connectivity index (χ2n) is 5.09. The number of anilines is 1.